The summed E-state index contributed by atoms with van der Waals surface area (Å²) in [6, 6.07) is 12.6. The van der Waals surface area contributed by atoms with E-state index in [1.807, 2.05) is 0 Å². The van der Waals surface area contributed by atoms with E-state index in [1.165, 1.54) is 12.1 Å². The van der Waals surface area contributed by atoms with E-state index in [0.717, 1.165) is 0 Å². The molecule has 0 heterocycles. The fourth-order valence-electron chi connectivity index (χ4n) is 1.91. The van der Waals surface area contributed by atoms with Crippen LogP contribution in [0.4, 0.5) is 5.69 Å². The van der Waals surface area contributed by atoms with Crippen molar-refractivity contribution >= 4 is 34.9 Å². The minimum absolute atomic E-state index is 0.108. The number of carbonyl (C=O) groups excluding carboxylic acids is 3. The number of hydrogen-bond donors (Lipinski definition) is 1. The van der Waals surface area contributed by atoms with Crippen LogP contribution in [0.3, 0.4) is 0 Å². The number of benzene rings is 2. The molecule has 2 rings (SSSR count). The summed E-state index contributed by atoms with van der Waals surface area (Å²) in [4.78, 5) is 35.6. The number of anilines is 1. The Morgan fingerprint density at radius 2 is 1.52 bits per heavy atom. The number of hydrogen-bond acceptors (Lipinski definition) is 4. The Labute approximate surface area is 150 Å². The van der Waals surface area contributed by atoms with Crippen LogP contribution in [0.2, 0.25) is 5.02 Å². The molecule has 25 heavy (non-hydrogen) atoms. The average molecular weight is 360 g/mol. The highest BCUT2D eigenvalue weighted by atomic mass is 35.5. The summed E-state index contributed by atoms with van der Waals surface area (Å²) in [5.74, 6) is -1.16. The molecule has 1 N–H and O–H groups in total. The van der Waals surface area contributed by atoms with E-state index in [4.69, 9.17) is 16.3 Å². The van der Waals surface area contributed by atoms with Gasteiger partial charge in [0.2, 0.25) is 5.91 Å². The van der Waals surface area contributed by atoms with E-state index in [1.54, 1.807) is 50.2 Å². The summed E-state index contributed by atoms with van der Waals surface area (Å²) in [5.41, 5.74) is 1.31. The largest absolute Gasteiger partial charge is 0.454 e. The van der Waals surface area contributed by atoms with Gasteiger partial charge in [0.1, 0.15) is 0 Å². The van der Waals surface area contributed by atoms with Crippen LogP contribution in [0.1, 0.15) is 34.6 Å². The molecular formula is C19H18ClNO4. The Morgan fingerprint density at radius 1 is 0.960 bits per heavy atom. The highest BCUT2D eigenvalue weighted by Gasteiger charge is 2.12. The van der Waals surface area contributed by atoms with Crippen molar-refractivity contribution in [3.63, 3.8) is 0 Å². The Balaban J connectivity index is 1.91. The zero-order chi connectivity index (χ0) is 18.4. The molecule has 0 spiro atoms. The molecule has 2 aromatic carbocycles. The SMILES string of the molecule is CC(C)C(=O)Nc1ccc(C(=O)OCC(=O)c2ccc(Cl)cc2)cc1. The molecule has 0 aliphatic rings. The maximum Gasteiger partial charge on any atom is 0.338 e. The minimum Gasteiger partial charge on any atom is -0.454 e. The standard InChI is InChI=1S/C19H18ClNO4/c1-12(2)18(23)21-16-9-5-14(6-10-16)19(24)25-11-17(22)13-3-7-15(20)8-4-13/h3-10,12H,11H2,1-2H3,(H,21,23). The lowest BCUT2D eigenvalue weighted by Crippen LogP contribution is -2.18. The van der Waals surface area contributed by atoms with Gasteiger partial charge in [0.05, 0.1) is 5.56 Å². The Kier molecular flexibility index (Phi) is 6.31. The maximum absolute atomic E-state index is 12.0. The number of carbonyl (C=O) groups is 3. The van der Waals surface area contributed by atoms with Gasteiger partial charge in [-0.1, -0.05) is 25.4 Å². The van der Waals surface area contributed by atoms with Gasteiger partial charge in [0, 0.05) is 22.2 Å². The fraction of sp³-hybridized carbons (Fsp3) is 0.211. The summed E-state index contributed by atoms with van der Waals surface area (Å²) < 4.78 is 5.02. The van der Waals surface area contributed by atoms with Crippen molar-refractivity contribution in [2.45, 2.75) is 13.8 Å². The van der Waals surface area contributed by atoms with Crippen LogP contribution >= 0.6 is 11.6 Å². The molecular weight excluding hydrogens is 342 g/mol. The van der Waals surface area contributed by atoms with Gasteiger partial charge in [-0.3, -0.25) is 9.59 Å². The van der Waals surface area contributed by atoms with Gasteiger partial charge >= 0.3 is 5.97 Å². The van der Waals surface area contributed by atoms with E-state index in [0.29, 0.717) is 21.8 Å². The van der Waals surface area contributed by atoms with E-state index in [2.05, 4.69) is 5.32 Å². The molecule has 0 aromatic heterocycles. The second kappa shape index (κ2) is 8.44. The summed E-state index contributed by atoms with van der Waals surface area (Å²) in [6.07, 6.45) is 0. The maximum atomic E-state index is 12.0. The lowest BCUT2D eigenvalue weighted by atomic mass is 10.1. The first kappa shape index (κ1) is 18.7. The van der Waals surface area contributed by atoms with Gasteiger partial charge < -0.3 is 10.1 Å². The van der Waals surface area contributed by atoms with Gasteiger partial charge in [-0.05, 0) is 48.5 Å². The molecule has 1 amide bonds. The third-order valence-corrected chi connectivity index (χ3v) is 3.67. The van der Waals surface area contributed by atoms with Crippen LogP contribution in [0.5, 0.6) is 0 Å². The van der Waals surface area contributed by atoms with Crippen molar-refractivity contribution in [3.05, 3.63) is 64.7 Å². The smallest absolute Gasteiger partial charge is 0.338 e. The highest BCUT2D eigenvalue weighted by molar-refractivity contribution is 6.30. The summed E-state index contributed by atoms with van der Waals surface area (Å²) in [6.45, 7) is 3.23. The van der Waals surface area contributed by atoms with Crippen molar-refractivity contribution in [3.8, 4) is 0 Å². The molecule has 0 saturated heterocycles. The monoisotopic (exact) mass is 359 g/mol. The number of ketones is 1. The predicted molar refractivity (Wildman–Crippen MR) is 96.0 cm³/mol. The third-order valence-electron chi connectivity index (χ3n) is 3.41. The van der Waals surface area contributed by atoms with Gasteiger partial charge in [-0.15, -0.1) is 0 Å². The Hall–Kier alpha value is -2.66. The normalized spacial score (nSPS) is 10.4. The van der Waals surface area contributed by atoms with Crippen LogP contribution in [0.15, 0.2) is 48.5 Å². The van der Waals surface area contributed by atoms with Crippen molar-refractivity contribution < 1.29 is 19.1 Å². The molecule has 0 fully saturated rings. The quantitative estimate of drug-likeness (QED) is 0.625. The van der Waals surface area contributed by atoms with Crippen molar-refractivity contribution in [2.75, 3.05) is 11.9 Å². The van der Waals surface area contributed by atoms with E-state index < -0.39 is 5.97 Å². The van der Waals surface area contributed by atoms with Crippen LogP contribution in [0, 0.1) is 5.92 Å². The minimum atomic E-state index is -0.607. The van der Waals surface area contributed by atoms with Crippen molar-refractivity contribution in [1.29, 1.82) is 0 Å². The summed E-state index contributed by atoms with van der Waals surface area (Å²) in [7, 11) is 0. The molecule has 0 unspecified atom stereocenters. The van der Waals surface area contributed by atoms with Gasteiger partial charge in [0.15, 0.2) is 12.4 Å². The second-order valence-corrected chi connectivity index (χ2v) is 6.16. The molecule has 0 aliphatic heterocycles. The van der Waals surface area contributed by atoms with E-state index in [-0.39, 0.29) is 24.2 Å². The van der Waals surface area contributed by atoms with Crippen molar-refractivity contribution in [1.82, 2.24) is 0 Å². The number of esters is 1. The first-order chi connectivity index (χ1) is 11.9. The zero-order valence-electron chi connectivity index (χ0n) is 13.9. The topological polar surface area (TPSA) is 72.5 Å². The number of halogens is 1. The molecule has 0 atom stereocenters. The molecule has 0 saturated carbocycles. The first-order valence-corrected chi connectivity index (χ1v) is 8.11. The lowest BCUT2D eigenvalue weighted by Gasteiger charge is -2.08. The van der Waals surface area contributed by atoms with Gasteiger partial charge in [0.25, 0.3) is 0 Å². The Bertz CT molecular complexity index is 767. The lowest BCUT2D eigenvalue weighted by molar-refractivity contribution is -0.118. The molecule has 2 aromatic rings. The summed E-state index contributed by atoms with van der Waals surface area (Å²) >= 11 is 5.76. The Morgan fingerprint density at radius 3 is 2.08 bits per heavy atom. The van der Waals surface area contributed by atoms with E-state index >= 15 is 0 Å². The number of Topliss-reactive ketones (excluding diaryl/α,β-unsaturated/α-hetero) is 1. The molecule has 0 aliphatic carbocycles. The predicted octanol–water partition coefficient (Wildman–Crippen LogP) is 3.97. The van der Waals surface area contributed by atoms with Crippen LogP contribution in [-0.4, -0.2) is 24.3 Å². The number of nitrogens with one attached hydrogen (secondary N) is 1. The highest BCUT2D eigenvalue weighted by Crippen LogP contribution is 2.13. The van der Waals surface area contributed by atoms with Crippen LogP contribution in [-0.2, 0) is 9.53 Å². The first-order valence-electron chi connectivity index (χ1n) is 7.73. The fourth-order valence-corrected chi connectivity index (χ4v) is 2.04. The molecule has 0 radical (unpaired) electrons. The average Bonchev–Trinajstić information content (AvgIpc) is 2.60. The van der Waals surface area contributed by atoms with E-state index in [9.17, 15) is 14.4 Å². The van der Waals surface area contributed by atoms with Crippen LogP contribution < -0.4 is 5.32 Å². The molecule has 0 bridgehead atoms. The van der Waals surface area contributed by atoms with Gasteiger partial charge in [-0.2, -0.15) is 0 Å². The van der Waals surface area contributed by atoms with Crippen LogP contribution in [0.25, 0.3) is 0 Å². The third kappa shape index (κ3) is 5.43. The second-order valence-electron chi connectivity index (χ2n) is 5.73. The number of ether oxygens (including phenoxy) is 1. The molecule has 130 valence electrons. The molecule has 6 heteroatoms. The van der Waals surface area contributed by atoms with Gasteiger partial charge in [-0.25, -0.2) is 4.79 Å². The van der Waals surface area contributed by atoms with Crippen molar-refractivity contribution in [2.24, 2.45) is 5.92 Å². The number of rotatable bonds is 6. The zero-order valence-corrected chi connectivity index (χ0v) is 14.7. The molecule has 5 nitrogen and oxygen atoms in total. The number of amides is 1. The summed E-state index contributed by atoms with van der Waals surface area (Å²) in [5, 5.41) is 3.25.